The Morgan fingerprint density at radius 1 is 0.548 bits per heavy atom. The highest BCUT2D eigenvalue weighted by Crippen LogP contribution is 2.42. The van der Waals surface area contributed by atoms with Crippen LogP contribution in [-0.4, -0.2) is 33.6 Å². The average molecular weight is 625 g/mol. The number of amides is 4. The lowest BCUT2D eigenvalue weighted by atomic mass is 9.86. The van der Waals surface area contributed by atoms with Crippen molar-refractivity contribution in [3.63, 3.8) is 0 Å². The predicted molar refractivity (Wildman–Crippen MR) is 135 cm³/mol. The summed E-state index contributed by atoms with van der Waals surface area (Å²) in [5, 5.41) is -1.45. The molecule has 0 spiro atoms. The van der Waals surface area contributed by atoms with E-state index in [1.54, 1.807) is 0 Å². The molecule has 0 unspecified atom stereocenters. The van der Waals surface area contributed by atoms with Gasteiger partial charge in [0.25, 0.3) is 23.6 Å². The van der Waals surface area contributed by atoms with Gasteiger partial charge in [0, 0.05) is 45.4 Å². The molecular weight excluding hydrogens is 617 g/mol. The Bertz CT molecular complexity index is 1730. The van der Waals surface area contributed by atoms with E-state index in [1.165, 1.54) is 0 Å². The molecule has 0 bridgehead atoms. The first-order chi connectivity index (χ1) is 19.6. The van der Waals surface area contributed by atoms with E-state index in [0.717, 1.165) is 24.3 Å². The summed E-state index contributed by atoms with van der Waals surface area (Å²) in [7, 11) is 0. The molecule has 6 rings (SSSR count). The Morgan fingerprint density at radius 3 is 1.07 bits per heavy atom. The number of halogens is 8. The van der Waals surface area contributed by atoms with Crippen molar-refractivity contribution in [2.75, 3.05) is 9.80 Å². The van der Waals surface area contributed by atoms with Crippen LogP contribution < -0.4 is 9.80 Å². The third-order valence-electron chi connectivity index (χ3n) is 6.62. The molecule has 212 valence electrons. The summed E-state index contributed by atoms with van der Waals surface area (Å²) in [6, 6.07) is 5.62. The van der Waals surface area contributed by atoms with Crippen LogP contribution in [0.5, 0.6) is 0 Å². The largest absolute Gasteiger partial charge is 0.417 e. The summed E-state index contributed by atoms with van der Waals surface area (Å²) >= 11 is 12.0. The summed E-state index contributed by atoms with van der Waals surface area (Å²) in [4.78, 5) is 62.0. The minimum Gasteiger partial charge on any atom is -0.268 e. The first-order valence-corrected chi connectivity index (χ1v) is 12.2. The predicted octanol–water partition coefficient (Wildman–Crippen LogP) is 6.58. The number of imide groups is 2. The minimum absolute atomic E-state index is 0.0906. The second-order valence-electron chi connectivity index (χ2n) is 9.02. The number of nitrogens with zero attached hydrogens (tertiary/aromatic N) is 4. The molecule has 16 heteroatoms. The fourth-order valence-electron chi connectivity index (χ4n) is 4.76. The molecular formula is C26H8Cl2F6N4O4. The van der Waals surface area contributed by atoms with Crippen molar-refractivity contribution in [1.82, 2.24) is 9.97 Å². The Labute approximate surface area is 239 Å². The number of anilines is 2. The SMILES string of the molecule is O=C1c2ccc3c4c(ccc(c24)C(=O)N1c1ncc(C(F)(F)F)cc1Cl)C(=O)N(c1ncc(C(F)(F)F)cc1Cl)C3=O. The summed E-state index contributed by atoms with van der Waals surface area (Å²) < 4.78 is 78.5. The Morgan fingerprint density at radius 2 is 0.833 bits per heavy atom. The van der Waals surface area contributed by atoms with E-state index in [9.17, 15) is 45.5 Å². The van der Waals surface area contributed by atoms with Gasteiger partial charge in [0.05, 0.1) is 21.2 Å². The summed E-state index contributed by atoms with van der Waals surface area (Å²) in [5.74, 6) is -5.30. The normalized spacial score (nSPS) is 15.2. The fraction of sp³-hybridized carbons (Fsp3) is 0.0769. The van der Waals surface area contributed by atoms with Crippen molar-refractivity contribution >= 4 is 69.2 Å². The highest BCUT2D eigenvalue weighted by molar-refractivity contribution is 6.44. The monoisotopic (exact) mass is 624 g/mol. The molecule has 0 radical (unpaired) electrons. The first-order valence-electron chi connectivity index (χ1n) is 11.4. The maximum absolute atomic E-state index is 13.5. The molecule has 4 heterocycles. The summed E-state index contributed by atoms with van der Waals surface area (Å²) in [6.07, 6.45) is -8.78. The van der Waals surface area contributed by atoms with E-state index in [0.29, 0.717) is 34.3 Å². The van der Waals surface area contributed by atoms with Gasteiger partial charge < -0.3 is 0 Å². The van der Waals surface area contributed by atoms with E-state index in [4.69, 9.17) is 23.2 Å². The average Bonchev–Trinajstić information content (AvgIpc) is 2.91. The Balaban J connectivity index is 1.48. The van der Waals surface area contributed by atoms with Crippen LogP contribution in [-0.2, 0) is 12.4 Å². The lowest BCUT2D eigenvalue weighted by Crippen LogP contribution is -2.44. The van der Waals surface area contributed by atoms with Crippen LogP contribution in [0.2, 0.25) is 10.0 Å². The van der Waals surface area contributed by atoms with E-state index in [1.807, 2.05) is 0 Å². The highest BCUT2D eigenvalue weighted by atomic mass is 35.5. The van der Waals surface area contributed by atoms with Crippen LogP contribution in [0.1, 0.15) is 52.6 Å². The van der Waals surface area contributed by atoms with Crippen LogP contribution >= 0.6 is 23.2 Å². The van der Waals surface area contributed by atoms with Gasteiger partial charge in [-0.2, -0.15) is 26.3 Å². The van der Waals surface area contributed by atoms with Gasteiger partial charge in [0.1, 0.15) is 0 Å². The number of pyridine rings is 2. The highest BCUT2D eigenvalue weighted by Gasteiger charge is 2.43. The number of hydrogen-bond donors (Lipinski definition) is 0. The third-order valence-corrected chi connectivity index (χ3v) is 7.17. The number of alkyl halides is 6. The number of carbonyl (C=O) groups excluding carboxylic acids is 4. The Kier molecular flexibility index (Phi) is 5.89. The van der Waals surface area contributed by atoms with Crippen LogP contribution in [0.4, 0.5) is 38.0 Å². The zero-order valence-corrected chi connectivity index (χ0v) is 21.6. The van der Waals surface area contributed by atoms with E-state index < -0.39 is 68.8 Å². The third kappa shape index (κ3) is 3.93. The van der Waals surface area contributed by atoms with Crippen LogP contribution in [0.3, 0.4) is 0 Å². The van der Waals surface area contributed by atoms with E-state index in [2.05, 4.69) is 9.97 Å². The first kappa shape index (κ1) is 27.6. The number of rotatable bonds is 2. The smallest absolute Gasteiger partial charge is 0.268 e. The number of hydrogen-bond acceptors (Lipinski definition) is 6. The van der Waals surface area contributed by atoms with Gasteiger partial charge >= 0.3 is 12.4 Å². The lowest BCUT2D eigenvalue weighted by molar-refractivity contribution is -0.138. The topological polar surface area (TPSA) is 101 Å². The van der Waals surface area contributed by atoms with Crippen molar-refractivity contribution in [2.45, 2.75) is 12.4 Å². The second-order valence-corrected chi connectivity index (χ2v) is 9.83. The summed E-state index contributed by atoms with van der Waals surface area (Å²) in [6.45, 7) is 0. The van der Waals surface area contributed by atoms with E-state index >= 15 is 0 Å². The standard InChI is InChI=1S/C26H8Cl2F6N4O4/c27-15-5-9(25(29,30)31)7-35-19(15)37-21(39)11-1-2-12-18-14(4-3-13(17(11)18)23(37)41)24(42)38(22(12)40)20-16(28)6-10(8-36-20)26(32,33)34/h1-8H. The molecule has 4 amide bonds. The number of aromatic nitrogens is 2. The molecule has 8 nitrogen and oxygen atoms in total. The molecule has 4 aromatic rings. The molecule has 0 aliphatic carbocycles. The zero-order valence-electron chi connectivity index (χ0n) is 20.1. The van der Waals surface area contributed by atoms with Crippen molar-refractivity contribution in [3.05, 3.63) is 92.2 Å². The Hall–Kier alpha value is -4.56. The van der Waals surface area contributed by atoms with Crippen molar-refractivity contribution in [1.29, 1.82) is 0 Å². The van der Waals surface area contributed by atoms with Crippen LogP contribution in [0, 0.1) is 0 Å². The van der Waals surface area contributed by atoms with Gasteiger partial charge in [-0.25, -0.2) is 19.8 Å². The van der Waals surface area contributed by atoms with Gasteiger partial charge in [-0.05, 0) is 36.4 Å². The molecule has 2 aromatic heterocycles. The molecule has 0 saturated carbocycles. The fourth-order valence-corrected chi connectivity index (χ4v) is 5.26. The molecule has 0 atom stereocenters. The van der Waals surface area contributed by atoms with Gasteiger partial charge in [-0.15, -0.1) is 0 Å². The van der Waals surface area contributed by atoms with E-state index in [-0.39, 0.29) is 33.0 Å². The minimum atomic E-state index is -4.79. The molecule has 2 aliphatic rings. The zero-order chi connectivity index (χ0) is 30.5. The van der Waals surface area contributed by atoms with Crippen LogP contribution in [0.25, 0.3) is 10.8 Å². The van der Waals surface area contributed by atoms with Crippen molar-refractivity contribution < 1.29 is 45.5 Å². The van der Waals surface area contributed by atoms with Gasteiger partial charge in [-0.1, -0.05) is 23.2 Å². The maximum atomic E-state index is 13.5. The van der Waals surface area contributed by atoms with Crippen LogP contribution in [0.15, 0.2) is 48.8 Å². The molecule has 42 heavy (non-hydrogen) atoms. The van der Waals surface area contributed by atoms with Crippen molar-refractivity contribution in [2.24, 2.45) is 0 Å². The van der Waals surface area contributed by atoms with Gasteiger partial charge in [0.2, 0.25) is 0 Å². The number of carbonyl (C=O) groups is 4. The molecule has 0 N–H and O–H groups in total. The molecule has 2 aromatic carbocycles. The molecule has 2 aliphatic heterocycles. The number of benzene rings is 2. The van der Waals surface area contributed by atoms with Gasteiger partial charge in [-0.3, -0.25) is 19.2 Å². The summed E-state index contributed by atoms with van der Waals surface area (Å²) in [5.41, 5.74) is -3.19. The second kappa shape index (κ2) is 8.97. The van der Waals surface area contributed by atoms with Gasteiger partial charge in [0.15, 0.2) is 11.6 Å². The lowest BCUT2D eigenvalue weighted by Gasteiger charge is -2.31. The molecule has 0 saturated heterocycles. The molecule has 0 fully saturated rings. The van der Waals surface area contributed by atoms with Crippen molar-refractivity contribution in [3.8, 4) is 0 Å². The quantitative estimate of drug-likeness (QED) is 0.185. The maximum Gasteiger partial charge on any atom is 0.417 e.